The standard InChI is InChI=1S/C30H33N7O4/c1-4-7-14-36-19-21(28(38)37(26(36)5-2)29-32-17-22(18-33-29)40-6-3)15-20-12-13-25(31-16-20)23-10-8-9-11-24(23)27-34-30(39)41-35-27/h8-13,16-19,26H,4-7,14-15H2,1-3H3,(H,34,35,39). The number of amides is 1. The zero-order valence-electron chi connectivity index (χ0n) is 23.4. The van der Waals surface area contributed by atoms with Gasteiger partial charge in [-0.2, -0.15) is 0 Å². The van der Waals surface area contributed by atoms with Crippen LogP contribution in [0.15, 0.2) is 76.1 Å². The lowest BCUT2D eigenvalue weighted by Gasteiger charge is -2.42. The van der Waals surface area contributed by atoms with E-state index >= 15 is 0 Å². The van der Waals surface area contributed by atoms with E-state index in [1.54, 1.807) is 23.5 Å². The van der Waals surface area contributed by atoms with E-state index in [4.69, 9.17) is 4.74 Å². The van der Waals surface area contributed by atoms with Crippen molar-refractivity contribution in [2.75, 3.05) is 18.1 Å². The highest BCUT2D eigenvalue weighted by Gasteiger charge is 2.36. The molecule has 1 N–H and O–H groups in total. The summed E-state index contributed by atoms with van der Waals surface area (Å²) in [5, 5.41) is 3.82. The average molecular weight is 556 g/mol. The molecule has 1 unspecified atom stereocenters. The number of benzene rings is 1. The molecule has 0 aliphatic carbocycles. The third kappa shape index (κ3) is 6.03. The fourth-order valence-electron chi connectivity index (χ4n) is 4.94. The Balaban J connectivity index is 1.43. The number of aromatic amines is 1. The van der Waals surface area contributed by atoms with Gasteiger partial charge in [-0.1, -0.05) is 55.8 Å². The van der Waals surface area contributed by atoms with Gasteiger partial charge in [-0.05, 0) is 31.4 Å². The van der Waals surface area contributed by atoms with Gasteiger partial charge in [0.15, 0.2) is 11.6 Å². The molecule has 11 nitrogen and oxygen atoms in total. The van der Waals surface area contributed by atoms with Crippen LogP contribution < -0.4 is 15.4 Å². The van der Waals surface area contributed by atoms with Crippen molar-refractivity contribution in [1.82, 2.24) is 30.0 Å². The summed E-state index contributed by atoms with van der Waals surface area (Å²) in [5.41, 5.74) is 3.73. The van der Waals surface area contributed by atoms with Gasteiger partial charge >= 0.3 is 5.76 Å². The lowest BCUT2D eigenvalue weighted by Crippen LogP contribution is -2.54. The van der Waals surface area contributed by atoms with Crippen LogP contribution in [0, 0.1) is 0 Å². The lowest BCUT2D eigenvalue weighted by atomic mass is 10.0. The maximum absolute atomic E-state index is 13.9. The summed E-state index contributed by atoms with van der Waals surface area (Å²) in [6.45, 7) is 7.44. The number of carbonyl (C=O) groups is 1. The van der Waals surface area contributed by atoms with E-state index in [1.165, 1.54) is 0 Å². The largest absolute Gasteiger partial charge is 0.491 e. The van der Waals surface area contributed by atoms with Gasteiger partial charge < -0.3 is 9.64 Å². The highest BCUT2D eigenvalue weighted by molar-refractivity contribution is 6.06. The number of hydrogen-bond donors (Lipinski definition) is 1. The van der Waals surface area contributed by atoms with E-state index in [1.807, 2.05) is 49.5 Å². The van der Waals surface area contributed by atoms with E-state index in [0.29, 0.717) is 47.4 Å². The second kappa shape index (κ2) is 12.6. The minimum atomic E-state index is -0.619. The first kappa shape index (κ1) is 27.8. The Kier molecular flexibility index (Phi) is 8.52. The monoisotopic (exact) mass is 555 g/mol. The second-order valence-electron chi connectivity index (χ2n) is 9.68. The van der Waals surface area contributed by atoms with Gasteiger partial charge in [-0.15, -0.1) is 0 Å². The number of ether oxygens (including phenoxy) is 1. The van der Waals surface area contributed by atoms with Crippen molar-refractivity contribution >= 4 is 11.9 Å². The molecule has 212 valence electrons. The molecule has 4 aromatic rings. The Morgan fingerprint density at radius 2 is 1.76 bits per heavy atom. The summed E-state index contributed by atoms with van der Waals surface area (Å²) >= 11 is 0. The first-order valence-corrected chi connectivity index (χ1v) is 13.9. The highest BCUT2D eigenvalue weighted by Crippen LogP contribution is 2.30. The zero-order valence-corrected chi connectivity index (χ0v) is 23.4. The van der Waals surface area contributed by atoms with Gasteiger partial charge in [-0.3, -0.25) is 24.2 Å². The van der Waals surface area contributed by atoms with E-state index in [9.17, 15) is 9.59 Å². The molecule has 41 heavy (non-hydrogen) atoms. The molecule has 1 aliphatic heterocycles. The van der Waals surface area contributed by atoms with Gasteiger partial charge in [0.25, 0.3) is 5.91 Å². The van der Waals surface area contributed by atoms with Gasteiger partial charge in [0.05, 0.1) is 24.7 Å². The number of carbonyl (C=O) groups excluding carboxylic acids is 1. The molecule has 0 saturated heterocycles. The van der Waals surface area contributed by atoms with Crippen LogP contribution in [0.4, 0.5) is 5.95 Å². The van der Waals surface area contributed by atoms with E-state index < -0.39 is 5.76 Å². The van der Waals surface area contributed by atoms with Crippen LogP contribution in [-0.4, -0.2) is 55.2 Å². The quantitative estimate of drug-likeness (QED) is 0.282. The third-order valence-corrected chi connectivity index (χ3v) is 6.89. The first-order chi connectivity index (χ1) is 20.0. The highest BCUT2D eigenvalue weighted by atomic mass is 16.5. The molecule has 1 atom stereocenters. The fourth-order valence-corrected chi connectivity index (χ4v) is 4.94. The topological polar surface area (TPSA) is 130 Å². The molecule has 1 aromatic carbocycles. The second-order valence-corrected chi connectivity index (χ2v) is 9.68. The number of pyridine rings is 1. The number of anilines is 1. The van der Waals surface area contributed by atoms with Crippen LogP contribution >= 0.6 is 0 Å². The smallest absolute Gasteiger partial charge is 0.439 e. The lowest BCUT2D eigenvalue weighted by molar-refractivity contribution is -0.117. The Morgan fingerprint density at radius 3 is 2.39 bits per heavy atom. The van der Waals surface area contributed by atoms with Crippen molar-refractivity contribution in [2.45, 2.75) is 52.6 Å². The van der Waals surface area contributed by atoms with E-state index in [0.717, 1.165) is 36.9 Å². The molecule has 11 heteroatoms. The van der Waals surface area contributed by atoms with Crippen molar-refractivity contribution in [3.05, 3.63) is 82.9 Å². The van der Waals surface area contributed by atoms with E-state index in [2.05, 4.69) is 48.4 Å². The molecule has 1 aliphatic rings. The summed E-state index contributed by atoms with van der Waals surface area (Å²) in [6, 6.07) is 11.4. The number of H-pyrrole nitrogens is 1. The normalized spacial score (nSPS) is 15.2. The molecule has 4 heterocycles. The number of hydrogen-bond acceptors (Lipinski definition) is 9. The maximum atomic E-state index is 13.9. The van der Waals surface area contributed by atoms with Gasteiger partial charge in [-0.25, -0.2) is 14.8 Å². The molecule has 0 bridgehead atoms. The minimum absolute atomic E-state index is 0.127. The molecular weight excluding hydrogens is 522 g/mol. The van der Waals surface area contributed by atoms with Crippen LogP contribution in [0.25, 0.3) is 22.6 Å². The van der Waals surface area contributed by atoms with Crippen LogP contribution in [0.1, 0.15) is 45.6 Å². The SMILES string of the molecule is CCCCN1C=C(Cc2ccc(-c3ccccc3-c3noc(=O)[nH]3)nc2)C(=O)N(c2ncc(OCC)cn2)C1CC. The molecule has 0 spiro atoms. The van der Waals surface area contributed by atoms with Crippen molar-refractivity contribution in [1.29, 1.82) is 0 Å². The number of nitrogens with one attached hydrogen (secondary N) is 1. The Morgan fingerprint density at radius 1 is 0.976 bits per heavy atom. The van der Waals surface area contributed by atoms with E-state index in [-0.39, 0.29) is 12.1 Å². The van der Waals surface area contributed by atoms with Crippen molar-refractivity contribution in [2.24, 2.45) is 0 Å². The Hall–Kier alpha value is -4.80. The number of rotatable bonds is 11. The van der Waals surface area contributed by atoms with Gasteiger partial charge in [0.1, 0.15) is 6.17 Å². The molecule has 0 radical (unpaired) electrons. The van der Waals surface area contributed by atoms with Crippen molar-refractivity contribution in [3.63, 3.8) is 0 Å². The Labute approximate surface area is 237 Å². The molecule has 3 aromatic heterocycles. The average Bonchev–Trinajstić information content (AvgIpc) is 3.44. The first-order valence-electron chi connectivity index (χ1n) is 13.9. The fraction of sp³-hybridized carbons (Fsp3) is 0.333. The summed E-state index contributed by atoms with van der Waals surface area (Å²) in [7, 11) is 0. The summed E-state index contributed by atoms with van der Waals surface area (Å²) in [6.07, 6.45) is 9.95. The molecule has 1 amide bonds. The summed E-state index contributed by atoms with van der Waals surface area (Å²) in [5.74, 6) is 0.511. The Bertz CT molecular complexity index is 1560. The van der Waals surface area contributed by atoms with Crippen LogP contribution in [0.5, 0.6) is 5.75 Å². The maximum Gasteiger partial charge on any atom is 0.439 e. The predicted molar refractivity (Wildman–Crippen MR) is 154 cm³/mol. The summed E-state index contributed by atoms with van der Waals surface area (Å²) < 4.78 is 10.2. The van der Waals surface area contributed by atoms with Crippen LogP contribution in [0.3, 0.4) is 0 Å². The molecular formula is C30H33N7O4. The zero-order chi connectivity index (χ0) is 28.8. The van der Waals surface area contributed by atoms with Crippen molar-refractivity contribution in [3.8, 4) is 28.4 Å². The molecule has 5 rings (SSSR count). The minimum Gasteiger partial charge on any atom is -0.491 e. The van der Waals surface area contributed by atoms with Crippen molar-refractivity contribution < 1.29 is 14.1 Å². The third-order valence-electron chi connectivity index (χ3n) is 6.89. The predicted octanol–water partition coefficient (Wildman–Crippen LogP) is 4.59. The summed E-state index contributed by atoms with van der Waals surface area (Å²) in [4.78, 5) is 45.5. The van der Waals surface area contributed by atoms with Gasteiger partial charge in [0.2, 0.25) is 5.95 Å². The van der Waals surface area contributed by atoms with Crippen LogP contribution in [-0.2, 0) is 11.2 Å². The number of aromatic nitrogens is 5. The molecule has 0 fully saturated rings. The molecule has 0 saturated carbocycles. The van der Waals surface area contributed by atoms with Crippen LogP contribution in [0.2, 0.25) is 0 Å². The van der Waals surface area contributed by atoms with Gasteiger partial charge in [0, 0.05) is 42.1 Å². The number of nitrogens with zero attached hydrogens (tertiary/aromatic N) is 6. The number of unbranched alkanes of at least 4 members (excludes halogenated alkanes) is 1.